The van der Waals surface area contributed by atoms with Gasteiger partial charge in [0.1, 0.15) is 0 Å². The lowest BCUT2D eigenvalue weighted by atomic mass is 10.2. The van der Waals surface area contributed by atoms with Gasteiger partial charge in [-0.15, -0.1) is 0 Å². The summed E-state index contributed by atoms with van der Waals surface area (Å²) in [5.74, 6) is 0. The van der Waals surface area contributed by atoms with E-state index < -0.39 is 18.6 Å². The molecule has 0 heterocycles. The van der Waals surface area contributed by atoms with Gasteiger partial charge in [0.2, 0.25) is 0 Å². The molecular formula is C14H18ClF3N2O2. The Bertz CT molecular complexity index is 493. The van der Waals surface area contributed by atoms with E-state index in [0.717, 1.165) is 12.7 Å². The molecule has 1 aromatic rings. The maximum Gasteiger partial charge on any atom is 0.389 e. The van der Waals surface area contributed by atoms with Gasteiger partial charge in [0, 0.05) is 30.8 Å². The highest BCUT2D eigenvalue weighted by molar-refractivity contribution is 6.30. The second-order valence-corrected chi connectivity index (χ2v) is 4.59. The monoisotopic (exact) mass is 338 g/mol. The minimum Gasteiger partial charge on any atom is -0.400 e. The molecule has 0 aliphatic heterocycles. The predicted octanol–water partition coefficient (Wildman–Crippen LogP) is 3.60. The van der Waals surface area contributed by atoms with Gasteiger partial charge >= 0.3 is 12.2 Å². The van der Waals surface area contributed by atoms with Gasteiger partial charge in [-0.2, -0.15) is 13.2 Å². The van der Waals surface area contributed by atoms with E-state index in [-0.39, 0.29) is 18.7 Å². The van der Waals surface area contributed by atoms with Crippen molar-refractivity contribution in [2.24, 2.45) is 0 Å². The Kier molecular flexibility index (Phi) is 9.28. The fourth-order valence-electron chi connectivity index (χ4n) is 1.39. The van der Waals surface area contributed by atoms with Crippen LogP contribution in [0.25, 0.3) is 0 Å². The van der Waals surface area contributed by atoms with Crippen LogP contribution in [0.4, 0.5) is 18.0 Å². The topological polar surface area (TPSA) is 61.4 Å². The maximum atomic E-state index is 12.0. The van der Waals surface area contributed by atoms with Gasteiger partial charge in [0.05, 0.1) is 0 Å². The molecule has 0 aliphatic carbocycles. The Labute approximate surface area is 132 Å². The molecule has 0 radical (unpaired) electrons. The fourth-order valence-corrected chi connectivity index (χ4v) is 1.60. The summed E-state index contributed by atoms with van der Waals surface area (Å²) in [6.07, 6.45) is -5.61. The lowest BCUT2D eigenvalue weighted by Gasteiger charge is -2.11. The van der Waals surface area contributed by atoms with E-state index in [9.17, 15) is 18.0 Å². The van der Waals surface area contributed by atoms with E-state index >= 15 is 0 Å². The zero-order valence-corrected chi connectivity index (χ0v) is 12.8. The zero-order chi connectivity index (χ0) is 17.2. The first-order valence-corrected chi connectivity index (χ1v) is 6.62. The molecule has 2 amide bonds. The molecule has 4 nitrogen and oxygen atoms in total. The highest BCUT2D eigenvalue weighted by Crippen LogP contribution is 2.22. The summed E-state index contributed by atoms with van der Waals surface area (Å²) in [5.41, 5.74) is 0.805. The number of nitrogens with one attached hydrogen (secondary N) is 2. The Balaban J connectivity index is 0.00000211. The summed E-state index contributed by atoms with van der Waals surface area (Å²) in [5, 5.41) is 12.3. The van der Waals surface area contributed by atoms with Crippen LogP contribution in [0.3, 0.4) is 0 Å². The summed E-state index contributed by atoms with van der Waals surface area (Å²) in [7, 11) is 1.00. The van der Waals surface area contributed by atoms with E-state index in [1.807, 2.05) is 0 Å². The highest BCUT2D eigenvalue weighted by Gasteiger charge is 2.26. The standard InChI is InChI=1S/C13H14ClF3N2O.CH4O/c1-9(5-6-13(15,16)17)19-12(20)18-8-10-3-2-4-11(14)7-10;1-2/h2-4,7H,1,5-6,8H2,(H2,18,19,20);2H,1H3. The molecule has 0 bridgehead atoms. The largest absolute Gasteiger partial charge is 0.400 e. The lowest BCUT2D eigenvalue weighted by Crippen LogP contribution is -2.34. The van der Waals surface area contributed by atoms with Crippen molar-refractivity contribution in [3.8, 4) is 0 Å². The van der Waals surface area contributed by atoms with Crippen LogP contribution in [-0.4, -0.2) is 24.4 Å². The van der Waals surface area contributed by atoms with E-state index in [2.05, 4.69) is 17.2 Å². The minimum absolute atomic E-state index is 0.0194. The number of carbonyl (C=O) groups excluding carboxylic acids is 1. The van der Waals surface area contributed by atoms with Crippen molar-refractivity contribution in [1.82, 2.24) is 10.6 Å². The second kappa shape index (κ2) is 10.1. The number of hydrogen-bond donors (Lipinski definition) is 3. The third kappa shape index (κ3) is 10.1. The number of amides is 2. The van der Waals surface area contributed by atoms with Crippen molar-refractivity contribution in [3.63, 3.8) is 0 Å². The van der Waals surface area contributed by atoms with Crippen LogP contribution in [0, 0.1) is 0 Å². The van der Waals surface area contributed by atoms with Crippen molar-refractivity contribution in [2.45, 2.75) is 25.6 Å². The Morgan fingerprint density at radius 2 is 2.00 bits per heavy atom. The van der Waals surface area contributed by atoms with E-state index in [4.69, 9.17) is 16.7 Å². The quantitative estimate of drug-likeness (QED) is 0.768. The Morgan fingerprint density at radius 1 is 1.36 bits per heavy atom. The third-order valence-corrected chi connectivity index (χ3v) is 2.58. The molecule has 0 saturated carbocycles. The number of benzene rings is 1. The first kappa shape index (κ1) is 20.3. The fraction of sp³-hybridized carbons (Fsp3) is 0.357. The molecule has 1 rings (SSSR count). The summed E-state index contributed by atoms with van der Waals surface area (Å²) in [4.78, 5) is 11.4. The maximum absolute atomic E-state index is 12.0. The zero-order valence-electron chi connectivity index (χ0n) is 12.0. The summed E-state index contributed by atoms with van der Waals surface area (Å²) >= 11 is 5.78. The number of hydrogen-bond acceptors (Lipinski definition) is 2. The van der Waals surface area contributed by atoms with Crippen molar-refractivity contribution in [1.29, 1.82) is 0 Å². The molecule has 0 unspecified atom stereocenters. The number of rotatable bonds is 5. The van der Waals surface area contributed by atoms with Crippen molar-refractivity contribution < 1.29 is 23.1 Å². The highest BCUT2D eigenvalue weighted by atomic mass is 35.5. The normalized spacial score (nSPS) is 10.3. The molecule has 3 N–H and O–H groups in total. The average Bonchev–Trinajstić information content (AvgIpc) is 2.45. The number of alkyl halides is 3. The molecule has 0 aromatic heterocycles. The van der Waals surface area contributed by atoms with Gasteiger partial charge in [0.25, 0.3) is 0 Å². The number of carbonyl (C=O) groups is 1. The summed E-state index contributed by atoms with van der Waals surface area (Å²) in [6.45, 7) is 3.59. The smallest absolute Gasteiger partial charge is 0.389 e. The molecular weight excluding hydrogens is 321 g/mol. The van der Waals surface area contributed by atoms with Gasteiger partial charge in [0.15, 0.2) is 0 Å². The number of aliphatic hydroxyl groups is 1. The average molecular weight is 339 g/mol. The van der Waals surface area contributed by atoms with Gasteiger partial charge in [-0.1, -0.05) is 30.3 Å². The van der Waals surface area contributed by atoms with Crippen molar-refractivity contribution in [2.75, 3.05) is 7.11 Å². The van der Waals surface area contributed by atoms with E-state index in [1.54, 1.807) is 24.3 Å². The van der Waals surface area contributed by atoms with Crippen LogP contribution in [-0.2, 0) is 6.54 Å². The van der Waals surface area contributed by atoms with Crippen LogP contribution >= 0.6 is 11.6 Å². The number of halogens is 4. The molecule has 22 heavy (non-hydrogen) atoms. The molecule has 0 spiro atoms. The van der Waals surface area contributed by atoms with Crippen LogP contribution < -0.4 is 10.6 Å². The first-order valence-electron chi connectivity index (χ1n) is 6.25. The molecule has 8 heteroatoms. The van der Waals surface area contributed by atoms with E-state index in [1.165, 1.54) is 0 Å². The Hall–Kier alpha value is -1.73. The number of urea groups is 1. The third-order valence-electron chi connectivity index (χ3n) is 2.34. The molecule has 124 valence electrons. The van der Waals surface area contributed by atoms with Crippen LogP contribution in [0.1, 0.15) is 18.4 Å². The molecule has 0 saturated heterocycles. The summed E-state index contributed by atoms with van der Waals surface area (Å²) < 4.78 is 35.9. The molecule has 0 atom stereocenters. The minimum atomic E-state index is -4.26. The molecule has 0 fully saturated rings. The van der Waals surface area contributed by atoms with Crippen LogP contribution in [0.15, 0.2) is 36.5 Å². The molecule has 1 aromatic carbocycles. The van der Waals surface area contributed by atoms with Crippen molar-refractivity contribution in [3.05, 3.63) is 47.1 Å². The molecule has 0 aliphatic rings. The number of allylic oxidation sites excluding steroid dienone is 1. The van der Waals surface area contributed by atoms with E-state index in [0.29, 0.717) is 5.02 Å². The predicted molar refractivity (Wildman–Crippen MR) is 79.4 cm³/mol. The van der Waals surface area contributed by atoms with Gasteiger partial charge in [-0.3, -0.25) is 0 Å². The lowest BCUT2D eigenvalue weighted by molar-refractivity contribution is -0.134. The SMILES string of the molecule is C=C(CCC(F)(F)F)NC(=O)NCc1cccc(Cl)c1.CO. The van der Waals surface area contributed by atoms with Crippen LogP contribution in [0.5, 0.6) is 0 Å². The van der Waals surface area contributed by atoms with Gasteiger partial charge < -0.3 is 15.7 Å². The second-order valence-electron chi connectivity index (χ2n) is 4.16. The van der Waals surface area contributed by atoms with Gasteiger partial charge in [-0.25, -0.2) is 4.79 Å². The summed E-state index contributed by atoms with van der Waals surface area (Å²) in [6, 6.07) is 6.28. The van der Waals surface area contributed by atoms with Gasteiger partial charge in [-0.05, 0) is 24.1 Å². The number of aliphatic hydroxyl groups excluding tert-OH is 1. The van der Waals surface area contributed by atoms with Crippen LogP contribution in [0.2, 0.25) is 5.02 Å². The first-order chi connectivity index (χ1) is 10.3. The van der Waals surface area contributed by atoms with Crippen molar-refractivity contribution >= 4 is 17.6 Å². The Morgan fingerprint density at radius 3 is 2.55 bits per heavy atom.